The first-order valence-electron chi connectivity index (χ1n) is 7.12. The van der Waals surface area contributed by atoms with E-state index in [1.54, 1.807) is 24.3 Å². The number of piperidine rings is 1. The first-order chi connectivity index (χ1) is 9.70. The van der Waals surface area contributed by atoms with Crippen LogP contribution in [0, 0.1) is 5.92 Å². The van der Waals surface area contributed by atoms with Crippen LogP contribution in [0.2, 0.25) is 0 Å². The van der Waals surface area contributed by atoms with E-state index in [1.807, 2.05) is 0 Å². The Morgan fingerprint density at radius 3 is 3.10 bits per heavy atom. The topological polar surface area (TPSA) is 75.3 Å². The molecule has 1 unspecified atom stereocenters. The van der Waals surface area contributed by atoms with E-state index in [9.17, 15) is 9.59 Å². The normalized spacial score (nSPS) is 18.9. The maximum atomic E-state index is 12.2. The van der Waals surface area contributed by atoms with Gasteiger partial charge in [-0.1, -0.05) is 0 Å². The molecule has 1 aromatic rings. The van der Waals surface area contributed by atoms with E-state index >= 15 is 0 Å². The van der Waals surface area contributed by atoms with Crippen LogP contribution in [0.15, 0.2) is 12.5 Å². The van der Waals surface area contributed by atoms with Crippen LogP contribution in [-0.2, 0) is 20.7 Å². The number of esters is 1. The van der Waals surface area contributed by atoms with Crippen molar-refractivity contribution in [1.82, 2.24) is 14.9 Å². The summed E-state index contributed by atoms with van der Waals surface area (Å²) in [4.78, 5) is 32.6. The summed E-state index contributed by atoms with van der Waals surface area (Å²) < 4.78 is 5.04. The van der Waals surface area contributed by atoms with Crippen molar-refractivity contribution >= 4 is 11.9 Å². The zero-order valence-corrected chi connectivity index (χ0v) is 11.8. The van der Waals surface area contributed by atoms with E-state index in [0.717, 1.165) is 25.1 Å². The number of amides is 1. The number of H-pyrrole nitrogens is 1. The standard InChI is InChI=1S/C14H21N3O3/c1-2-20-14(19)11-4-3-7-17(9-11)13(18)6-5-12-8-15-10-16-12/h8,10-11H,2-7,9H2,1H3,(H,15,16). The fourth-order valence-electron chi connectivity index (χ4n) is 2.48. The molecular formula is C14H21N3O3. The lowest BCUT2D eigenvalue weighted by molar-refractivity contribution is -0.151. The highest BCUT2D eigenvalue weighted by Gasteiger charge is 2.28. The zero-order valence-electron chi connectivity index (χ0n) is 11.8. The summed E-state index contributed by atoms with van der Waals surface area (Å²) in [6.07, 6.45) is 6.10. The maximum Gasteiger partial charge on any atom is 0.310 e. The molecule has 1 aromatic heterocycles. The third-order valence-electron chi connectivity index (χ3n) is 3.56. The number of aromatic nitrogens is 2. The van der Waals surface area contributed by atoms with Crippen LogP contribution in [0.4, 0.5) is 0 Å². The molecule has 0 aliphatic carbocycles. The molecule has 0 aromatic carbocycles. The number of carbonyl (C=O) groups is 2. The first-order valence-corrected chi connectivity index (χ1v) is 7.12. The summed E-state index contributed by atoms with van der Waals surface area (Å²) in [5.74, 6) is -0.257. The summed E-state index contributed by atoms with van der Waals surface area (Å²) in [5.41, 5.74) is 0.956. The van der Waals surface area contributed by atoms with Gasteiger partial charge in [0.25, 0.3) is 0 Å². The van der Waals surface area contributed by atoms with Gasteiger partial charge < -0.3 is 14.6 Å². The van der Waals surface area contributed by atoms with Gasteiger partial charge in [0.15, 0.2) is 0 Å². The van der Waals surface area contributed by atoms with Crippen molar-refractivity contribution in [2.45, 2.75) is 32.6 Å². The molecule has 1 atom stereocenters. The van der Waals surface area contributed by atoms with E-state index in [0.29, 0.717) is 26.0 Å². The molecule has 1 fully saturated rings. The number of nitrogens with zero attached hydrogens (tertiary/aromatic N) is 2. The maximum absolute atomic E-state index is 12.2. The Balaban J connectivity index is 1.81. The lowest BCUT2D eigenvalue weighted by Crippen LogP contribution is -2.42. The summed E-state index contributed by atoms with van der Waals surface area (Å²) >= 11 is 0. The van der Waals surface area contributed by atoms with E-state index < -0.39 is 0 Å². The number of aromatic amines is 1. The fraction of sp³-hybridized carbons (Fsp3) is 0.643. The van der Waals surface area contributed by atoms with Crippen LogP contribution in [0.5, 0.6) is 0 Å². The third-order valence-corrected chi connectivity index (χ3v) is 3.56. The third kappa shape index (κ3) is 3.82. The molecule has 6 heteroatoms. The van der Waals surface area contributed by atoms with Gasteiger partial charge in [0.2, 0.25) is 5.91 Å². The highest BCUT2D eigenvalue weighted by Crippen LogP contribution is 2.19. The second-order valence-electron chi connectivity index (χ2n) is 5.01. The van der Waals surface area contributed by atoms with Crippen molar-refractivity contribution in [3.63, 3.8) is 0 Å². The number of ether oxygens (including phenoxy) is 1. The SMILES string of the molecule is CCOC(=O)C1CCCN(C(=O)CCc2cnc[nH]2)C1. The van der Waals surface area contributed by atoms with Crippen LogP contribution in [0.25, 0.3) is 0 Å². The number of hydrogen-bond donors (Lipinski definition) is 1. The highest BCUT2D eigenvalue weighted by atomic mass is 16.5. The van der Waals surface area contributed by atoms with Gasteiger partial charge in [0.05, 0.1) is 18.9 Å². The summed E-state index contributed by atoms with van der Waals surface area (Å²) in [6.45, 7) is 3.41. The molecular weight excluding hydrogens is 258 g/mol. The number of carbonyl (C=O) groups excluding carboxylic acids is 2. The van der Waals surface area contributed by atoms with Gasteiger partial charge in [0.1, 0.15) is 0 Å². The van der Waals surface area contributed by atoms with Gasteiger partial charge in [-0.05, 0) is 26.2 Å². The molecule has 2 rings (SSSR count). The van der Waals surface area contributed by atoms with E-state index in [1.165, 1.54) is 0 Å². The molecule has 20 heavy (non-hydrogen) atoms. The minimum Gasteiger partial charge on any atom is -0.466 e. The molecule has 1 amide bonds. The van der Waals surface area contributed by atoms with Gasteiger partial charge in [-0.15, -0.1) is 0 Å². The number of hydrogen-bond acceptors (Lipinski definition) is 4. The Labute approximate surface area is 118 Å². The highest BCUT2D eigenvalue weighted by molar-refractivity contribution is 5.78. The number of imidazole rings is 1. The Bertz CT molecular complexity index is 445. The molecule has 1 saturated heterocycles. The van der Waals surface area contributed by atoms with Crippen molar-refractivity contribution in [3.05, 3.63) is 18.2 Å². The Hall–Kier alpha value is -1.85. The minimum atomic E-state index is -0.182. The molecule has 6 nitrogen and oxygen atoms in total. The second kappa shape index (κ2) is 7.07. The van der Waals surface area contributed by atoms with Gasteiger partial charge in [-0.25, -0.2) is 4.98 Å². The van der Waals surface area contributed by atoms with Gasteiger partial charge >= 0.3 is 5.97 Å². The fourth-order valence-corrected chi connectivity index (χ4v) is 2.48. The average Bonchev–Trinajstić information content (AvgIpc) is 2.98. The molecule has 1 N–H and O–H groups in total. The minimum absolute atomic E-state index is 0.0913. The summed E-state index contributed by atoms with van der Waals surface area (Å²) in [6, 6.07) is 0. The largest absolute Gasteiger partial charge is 0.466 e. The van der Waals surface area contributed by atoms with Crippen molar-refractivity contribution in [2.24, 2.45) is 5.92 Å². The molecule has 2 heterocycles. The van der Waals surface area contributed by atoms with E-state index in [4.69, 9.17) is 4.74 Å². The zero-order chi connectivity index (χ0) is 14.4. The van der Waals surface area contributed by atoms with Crippen LogP contribution < -0.4 is 0 Å². The molecule has 1 aliphatic rings. The number of aryl methyl sites for hydroxylation is 1. The Morgan fingerprint density at radius 1 is 1.55 bits per heavy atom. The van der Waals surface area contributed by atoms with Crippen LogP contribution in [0.3, 0.4) is 0 Å². The lowest BCUT2D eigenvalue weighted by Gasteiger charge is -2.31. The summed E-state index contributed by atoms with van der Waals surface area (Å²) in [5, 5.41) is 0. The van der Waals surface area contributed by atoms with E-state index in [2.05, 4.69) is 9.97 Å². The number of rotatable bonds is 5. The van der Waals surface area contributed by atoms with Crippen LogP contribution >= 0.6 is 0 Å². The molecule has 1 aliphatic heterocycles. The van der Waals surface area contributed by atoms with Crippen molar-refractivity contribution in [2.75, 3.05) is 19.7 Å². The van der Waals surface area contributed by atoms with Crippen LogP contribution in [-0.4, -0.2) is 46.4 Å². The Kier molecular flexibility index (Phi) is 5.15. The van der Waals surface area contributed by atoms with E-state index in [-0.39, 0.29) is 17.8 Å². The van der Waals surface area contributed by atoms with Crippen LogP contribution in [0.1, 0.15) is 31.9 Å². The van der Waals surface area contributed by atoms with Gasteiger partial charge in [0, 0.05) is 31.4 Å². The number of nitrogens with one attached hydrogen (secondary N) is 1. The van der Waals surface area contributed by atoms with Gasteiger partial charge in [-0.2, -0.15) is 0 Å². The molecule has 0 spiro atoms. The Morgan fingerprint density at radius 2 is 2.40 bits per heavy atom. The first kappa shape index (κ1) is 14.6. The molecule has 0 radical (unpaired) electrons. The average molecular weight is 279 g/mol. The summed E-state index contributed by atoms with van der Waals surface area (Å²) in [7, 11) is 0. The number of likely N-dealkylation sites (tertiary alicyclic amines) is 1. The quantitative estimate of drug-likeness (QED) is 0.820. The van der Waals surface area contributed by atoms with Crippen molar-refractivity contribution in [1.29, 1.82) is 0 Å². The smallest absolute Gasteiger partial charge is 0.310 e. The molecule has 110 valence electrons. The van der Waals surface area contributed by atoms with Crippen molar-refractivity contribution < 1.29 is 14.3 Å². The van der Waals surface area contributed by atoms with Gasteiger partial charge in [-0.3, -0.25) is 9.59 Å². The monoisotopic (exact) mass is 279 g/mol. The predicted octanol–water partition coefficient (Wildman–Crippen LogP) is 1.14. The predicted molar refractivity (Wildman–Crippen MR) is 72.8 cm³/mol. The second-order valence-corrected chi connectivity index (χ2v) is 5.01. The molecule has 0 bridgehead atoms. The molecule has 0 saturated carbocycles. The van der Waals surface area contributed by atoms with Crippen molar-refractivity contribution in [3.8, 4) is 0 Å². The lowest BCUT2D eigenvalue weighted by atomic mass is 9.98.